The number of hydrogen-bond acceptors (Lipinski definition) is 12. The molecule has 10 rings (SSSR count). The van der Waals surface area contributed by atoms with Gasteiger partial charge >= 0.3 is 0 Å². The van der Waals surface area contributed by atoms with E-state index in [0.29, 0.717) is 18.1 Å². The van der Waals surface area contributed by atoms with Gasteiger partial charge in [0.25, 0.3) is 0 Å². The van der Waals surface area contributed by atoms with Gasteiger partial charge in [-0.1, -0.05) is 212 Å². The Morgan fingerprint density at radius 3 is 0.925 bits per heavy atom. The highest BCUT2D eigenvalue weighted by Gasteiger charge is 2.53. The standard InChI is InChI=1S/C68H70O12/c1-69-57-37-39-58(40-38-57)78-68-66(76-47-56-35-21-8-22-36-56)64(74-45-54-31-17-6-18-32-54)62(72-43-52-27-13-4-14-28-52)60(80-68)49-77-67-65(75-46-55-33-19-7-20-34-55)63(73-44-53-29-15-5-16-30-53)61(71-42-51-25-11-3-12-26-51)59(79-67)48-70-41-50-23-9-2-10-24-50/h2-40,59-68H,41-49H2,1H3/t59-,60-,61-,62-,63+,64+,65-,66-,67-,68-/m1/s1. The molecular formula is C68H70O12. The summed E-state index contributed by atoms with van der Waals surface area (Å²) in [6.07, 6.45) is -8.18. The summed E-state index contributed by atoms with van der Waals surface area (Å²) >= 11 is 0. The lowest BCUT2D eigenvalue weighted by Gasteiger charge is -2.48. The van der Waals surface area contributed by atoms with Crippen LogP contribution in [0.3, 0.4) is 0 Å². The molecule has 2 saturated heterocycles. The molecule has 0 radical (unpaired) electrons. The SMILES string of the molecule is COc1ccc(O[C@@H]2O[C@H](CO[C@@H]3O[C@H](COCc4ccccc4)[C@@H](OCc4ccccc4)[C@H](OCc4ccccc4)[C@H]3OCc3ccccc3)[C@@H](OCc3ccccc3)[C@H](OCc3ccccc3)[C@H]2OCc2ccccc2)cc1. The zero-order valence-corrected chi connectivity index (χ0v) is 45.1. The fraction of sp³-hybridized carbons (Fsp3) is 0.294. The van der Waals surface area contributed by atoms with Gasteiger partial charge in [0.15, 0.2) is 6.29 Å². The van der Waals surface area contributed by atoms with E-state index in [1.165, 1.54) is 0 Å². The van der Waals surface area contributed by atoms with Gasteiger partial charge in [0.05, 0.1) is 66.6 Å². The lowest BCUT2D eigenvalue weighted by Crippen LogP contribution is -2.64. The van der Waals surface area contributed by atoms with Gasteiger partial charge in [0.1, 0.15) is 60.3 Å². The van der Waals surface area contributed by atoms with Gasteiger partial charge in [-0.25, -0.2) is 0 Å². The topological polar surface area (TPSA) is 111 Å². The highest BCUT2D eigenvalue weighted by atomic mass is 16.8. The summed E-state index contributed by atoms with van der Waals surface area (Å²) in [7, 11) is 1.63. The normalized spacial score (nSPS) is 22.8. The molecule has 0 spiro atoms. The summed E-state index contributed by atoms with van der Waals surface area (Å²) in [5.74, 6) is 1.22. The molecule has 0 aliphatic carbocycles. The Labute approximate surface area is 469 Å². The average Bonchev–Trinajstić information content (AvgIpc) is 3.60. The van der Waals surface area contributed by atoms with Crippen molar-refractivity contribution in [3.05, 3.63) is 276 Å². The summed E-state index contributed by atoms with van der Waals surface area (Å²) < 4.78 is 82.6. The molecule has 0 amide bonds. The van der Waals surface area contributed by atoms with Gasteiger partial charge in [0, 0.05) is 0 Å². The molecule has 2 aliphatic heterocycles. The molecule has 0 saturated carbocycles. The molecule has 8 aromatic carbocycles. The number of rotatable bonds is 28. The van der Waals surface area contributed by atoms with Gasteiger partial charge < -0.3 is 56.8 Å². The van der Waals surface area contributed by atoms with E-state index >= 15 is 0 Å². The third-order valence-corrected chi connectivity index (χ3v) is 14.0. The molecule has 0 N–H and O–H groups in total. The Morgan fingerprint density at radius 1 is 0.275 bits per heavy atom. The first-order chi connectivity index (χ1) is 39.6. The molecule has 0 bridgehead atoms. The van der Waals surface area contributed by atoms with E-state index in [0.717, 1.165) is 38.9 Å². The van der Waals surface area contributed by atoms with Gasteiger partial charge in [0.2, 0.25) is 6.29 Å². The molecule has 0 unspecified atom stereocenters. The highest BCUT2D eigenvalue weighted by molar-refractivity contribution is 5.31. The van der Waals surface area contributed by atoms with Crippen LogP contribution in [0, 0.1) is 0 Å². The van der Waals surface area contributed by atoms with Crippen LogP contribution in [-0.4, -0.2) is 81.7 Å². The van der Waals surface area contributed by atoms with Crippen molar-refractivity contribution in [1.29, 1.82) is 0 Å². The van der Waals surface area contributed by atoms with Crippen LogP contribution in [0.5, 0.6) is 11.5 Å². The molecule has 0 aromatic heterocycles. The van der Waals surface area contributed by atoms with Gasteiger partial charge in [-0.15, -0.1) is 0 Å². The maximum atomic E-state index is 7.19. The quantitative estimate of drug-likeness (QED) is 0.0466. The molecule has 10 atom stereocenters. The third-order valence-electron chi connectivity index (χ3n) is 14.0. The first-order valence-electron chi connectivity index (χ1n) is 27.4. The van der Waals surface area contributed by atoms with Crippen LogP contribution in [0.1, 0.15) is 38.9 Å². The Bertz CT molecular complexity index is 2950. The van der Waals surface area contributed by atoms with E-state index < -0.39 is 61.4 Å². The van der Waals surface area contributed by atoms with E-state index in [4.69, 9.17) is 56.8 Å². The fourth-order valence-electron chi connectivity index (χ4n) is 9.83. The first-order valence-corrected chi connectivity index (χ1v) is 27.4. The molecule has 8 aromatic rings. The van der Waals surface area contributed by atoms with Gasteiger partial charge in [-0.3, -0.25) is 0 Å². The van der Waals surface area contributed by atoms with Crippen molar-refractivity contribution >= 4 is 0 Å². The van der Waals surface area contributed by atoms with Crippen LogP contribution in [0.25, 0.3) is 0 Å². The number of methoxy groups -OCH3 is 1. The number of benzene rings is 8. The summed E-state index contributed by atoms with van der Waals surface area (Å²) in [6.45, 7) is 1.97. The lowest BCUT2D eigenvalue weighted by molar-refractivity contribution is -0.346. The maximum Gasteiger partial charge on any atom is 0.229 e. The smallest absolute Gasteiger partial charge is 0.229 e. The Balaban J connectivity index is 1.02. The number of hydrogen-bond donors (Lipinski definition) is 0. The van der Waals surface area contributed by atoms with Crippen molar-refractivity contribution in [3.8, 4) is 11.5 Å². The second kappa shape index (κ2) is 30.0. The van der Waals surface area contributed by atoms with Crippen LogP contribution in [0.15, 0.2) is 237 Å². The summed E-state index contributed by atoms with van der Waals surface area (Å²) in [6, 6.07) is 77.7. The Hall–Kier alpha value is -7.04. The third kappa shape index (κ3) is 16.3. The van der Waals surface area contributed by atoms with Crippen molar-refractivity contribution < 1.29 is 56.8 Å². The number of ether oxygens (including phenoxy) is 12. The second-order valence-electron chi connectivity index (χ2n) is 19.8. The fourth-order valence-corrected chi connectivity index (χ4v) is 9.83. The largest absolute Gasteiger partial charge is 0.497 e. The summed E-state index contributed by atoms with van der Waals surface area (Å²) in [4.78, 5) is 0. The molecular weight excluding hydrogens is 1010 g/mol. The summed E-state index contributed by atoms with van der Waals surface area (Å²) in [5, 5.41) is 0. The molecule has 12 heteroatoms. The summed E-state index contributed by atoms with van der Waals surface area (Å²) in [5.41, 5.74) is 6.88. The van der Waals surface area contributed by atoms with Crippen LogP contribution in [0.4, 0.5) is 0 Å². The van der Waals surface area contributed by atoms with E-state index in [9.17, 15) is 0 Å². The van der Waals surface area contributed by atoms with Crippen LogP contribution in [-0.2, 0) is 93.6 Å². The minimum absolute atomic E-state index is 0.0626. The average molecular weight is 1080 g/mol. The Morgan fingerprint density at radius 2 is 0.562 bits per heavy atom. The molecule has 12 nitrogen and oxygen atoms in total. The molecule has 2 aliphatic rings. The monoisotopic (exact) mass is 1080 g/mol. The van der Waals surface area contributed by atoms with Gasteiger partial charge in [-0.2, -0.15) is 0 Å². The second-order valence-corrected chi connectivity index (χ2v) is 19.8. The van der Waals surface area contributed by atoms with Gasteiger partial charge in [-0.05, 0) is 63.2 Å². The molecule has 80 heavy (non-hydrogen) atoms. The molecule has 2 fully saturated rings. The van der Waals surface area contributed by atoms with E-state index in [1.54, 1.807) is 7.11 Å². The van der Waals surface area contributed by atoms with Crippen LogP contribution >= 0.6 is 0 Å². The van der Waals surface area contributed by atoms with Crippen LogP contribution in [0.2, 0.25) is 0 Å². The zero-order valence-electron chi connectivity index (χ0n) is 45.1. The zero-order chi connectivity index (χ0) is 54.4. The van der Waals surface area contributed by atoms with Crippen molar-refractivity contribution in [3.63, 3.8) is 0 Å². The highest BCUT2D eigenvalue weighted by Crippen LogP contribution is 2.36. The van der Waals surface area contributed by atoms with E-state index in [1.807, 2.05) is 237 Å². The van der Waals surface area contributed by atoms with Crippen LogP contribution < -0.4 is 9.47 Å². The molecule has 414 valence electrons. The van der Waals surface area contributed by atoms with Crippen molar-refractivity contribution in [2.45, 2.75) is 108 Å². The predicted octanol–water partition coefficient (Wildman–Crippen LogP) is 12.3. The predicted molar refractivity (Wildman–Crippen MR) is 303 cm³/mol. The minimum atomic E-state index is -1.04. The van der Waals surface area contributed by atoms with Crippen molar-refractivity contribution in [2.24, 2.45) is 0 Å². The first kappa shape index (κ1) is 56.2. The van der Waals surface area contributed by atoms with Crippen molar-refractivity contribution in [1.82, 2.24) is 0 Å². The maximum absolute atomic E-state index is 7.19. The van der Waals surface area contributed by atoms with E-state index in [-0.39, 0.29) is 52.9 Å². The molecule has 2 heterocycles. The minimum Gasteiger partial charge on any atom is -0.497 e. The van der Waals surface area contributed by atoms with Crippen molar-refractivity contribution in [2.75, 3.05) is 20.3 Å². The Kier molecular flexibility index (Phi) is 21.1. The lowest BCUT2D eigenvalue weighted by atomic mass is 9.96. The van der Waals surface area contributed by atoms with E-state index in [2.05, 4.69) is 0 Å².